The molecule has 2 unspecified atom stereocenters. The SMILES string of the molecule is Cc1ncnc2c1C1(C)CCCC1S2. The van der Waals surface area contributed by atoms with Gasteiger partial charge in [0.25, 0.3) is 0 Å². The zero-order valence-electron chi connectivity index (χ0n) is 8.58. The Morgan fingerprint density at radius 3 is 3.21 bits per heavy atom. The van der Waals surface area contributed by atoms with E-state index in [4.69, 9.17) is 0 Å². The first-order valence-corrected chi connectivity index (χ1v) is 6.08. The third-order valence-electron chi connectivity index (χ3n) is 3.70. The lowest BCUT2D eigenvalue weighted by Crippen LogP contribution is -2.25. The van der Waals surface area contributed by atoms with Gasteiger partial charge in [0.2, 0.25) is 0 Å². The van der Waals surface area contributed by atoms with Crippen LogP contribution in [0.2, 0.25) is 0 Å². The molecule has 0 spiro atoms. The normalized spacial score (nSPS) is 34.3. The summed E-state index contributed by atoms with van der Waals surface area (Å²) in [4.78, 5) is 8.73. The maximum absolute atomic E-state index is 4.40. The smallest absolute Gasteiger partial charge is 0.116 e. The van der Waals surface area contributed by atoms with Gasteiger partial charge < -0.3 is 0 Å². The average Bonchev–Trinajstić information content (AvgIpc) is 2.59. The van der Waals surface area contributed by atoms with Crippen molar-refractivity contribution < 1.29 is 0 Å². The van der Waals surface area contributed by atoms with Gasteiger partial charge in [0.1, 0.15) is 11.4 Å². The summed E-state index contributed by atoms with van der Waals surface area (Å²) in [7, 11) is 0. The Kier molecular flexibility index (Phi) is 1.69. The van der Waals surface area contributed by atoms with Gasteiger partial charge in [-0.1, -0.05) is 13.3 Å². The Hall–Kier alpha value is -0.570. The van der Waals surface area contributed by atoms with Crippen LogP contribution in [-0.4, -0.2) is 15.2 Å². The van der Waals surface area contributed by atoms with Crippen LogP contribution in [0.4, 0.5) is 0 Å². The lowest BCUT2D eigenvalue weighted by Gasteiger charge is -2.24. The van der Waals surface area contributed by atoms with E-state index in [-0.39, 0.29) is 0 Å². The van der Waals surface area contributed by atoms with Crippen LogP contribution in [0.25, 0.3) is 0 Å². The quantitative estimate of drug-likeness (QED) is 0.610. The number of rotatable bonds is 0. The van der Waals surface area contributed by atoms with Gasteiger partial charge >= 0.3 is 0 Å². The van der Waals surface area contributed by atoms with Gasteiger partial charge in [0.15, 0.2) is 0 Å². The van der Waals surface area contributed by atoms with Crippen molar-refractivity contribution in [3.05, 3.63) is 17.6 Å². The fourth-order valence-electron chi connectivity index (χ4n) is 2.94. The fraction of sp³-hybridized carbons (Fsp3) is 0.636. The summed E-state index contributed by atoms with van der Waals surface area (Å²) in [5.74, 6) is 0. The van der Waals surface area contributed by atoms with Crippen LogP contribution in [0.15, 0.2) is 11.4 Å². The molecule has 0 radical (unpaired) electrons. The first kappa shape index (κ1) is 8.72. The van der Waals surface area contributed by atoms with Crippen molar-refractivity contribution in [1.29, 1.82) is 0 Å². The number of aryl methyl sites for hydroxylation is 1. The van der Waals surface area contributed by atoms with E-state index < -0.39 is 0 Å². The first-order valence-electron chi connectivity index (χ1n) is 5.20. The van der Waals surface area contributed by atoms with E-state index in [1.807, 2.05) is 11.8 Å². The molecule has 2 atom stereocenters. The Labute approximate surface area is 88.5 Å². The second kappa shape index (κ2) is 2.72. The third-order valence-corrected chi connectivity index (χ3v) is 5.27. The molecule has 3 rings (SSSR count). The van der Waals surface area contributed by atoms with Crippen LogP contribution in [0, 0.1) is 6.92 Å². The van der Waals surface area contributed by atoms with E-state index in [1.165, 1.54) is 35.5 Å². The zero-order chi connectivity index (χ0) is 9.76. The molecule has 2 nitrogen and oxygen atoms in total. The summed E-state index contributed by atoms with van der Waals surface area (Å²) in [6.07, 6.45) is 5.72. The van der Waals surface area contributed by atoms with Crippen molar-refractivity contribution in [3.63, 3.8) is 0 Å². The van der Waals surface area contributed by atoms with E-state index in [0.29, 0.717) is 5.41 Å². The van der Waals surface area contributed by atoms with Crippen LogP contribution in [0.5, 0.6) is 0 Å². The lowest BCUT2D eigenvalue weighted by molar-refractivity contribution is 0.498. The molecule has 1 fully saturated rings. The summed E-state index contributed by atoms with van der Waals surface area (Å²) < 4.78 is 0. The number of nitrogens with zero attached hydrogens (tertiary/aromatic N) is 2. The third kappa shape index (κ3) is 0.937. The molecule has 74 valence electrons. The van der Waals surface area contributed by atoms with Crippen molar-refractivity contribution in [3.8, 4) is 0 Å². The van der Waals surface area contributed by atoms with Crippen LogP contribution in [0.3, 0.4) is 0 Å². The number of fused-ring (bicyclic) bond motifs is 3. The lowest BCUT2D eigenvalue weighted by atomic mass is 9.81. The van der Waals surface area contributed by atoms with Crippen molar-refractivity contribution in [2.45, 2.75) is 48.8 Å². The van der Waals surface area contributed by atoms with Crippen molar-refractivity contribution in [1.82, 2.24) is 9.97 Å². The molecule has 2 heterocycles. The summed E-state index contributed by atoms with van der Waals surface area (Å²) >= 11 is 1.97. The number of aromatic nitrogens is 2. The molecule has 0 N–H and O–H groups in total. The molecule has 2 aliphatic rings. The Bertz CT molecular complexity index is 391. The van der Waals surface area contributed by atoms with Gasteiger partial charge in [-0.2, -0.15) is 0 Å². The molecule has 3 heteroatoms. The second-order valence-corrected chi connectivity index (χ2v) is 5.75. The molecule has 1 saturated carbocycles. The van der Waals surface area contributed by atoms with Gasteiger partial charge in [0, 0.05) is 21.9 Å². The molecule has 0 bridgehead atoms. The Morgan fingerprint density at radius 2 is 2.36 bits per heavy atom. The summed E-state index contributed by atoms with van der Waals surface area (Å²) in [6.45, 7) is 4.51. The Balaban J connectivity index is 2.22. The first-order chi connectivity index (χ1) is 6.72. The van der Waals surface area contributed by atoms with Gasteiger partial charge in [0.05, 0.1) is 0 Å². The molecule has 1 aliphatic carbocycles. The van der Waals surface area contributed by atoms with Crippen LogP contribution in [-0.2, 0) is 5.41 Å². The van der Waals surface area contributed by atoms with Gasteiger partial charge in [-0.15, -0.1) is 11.8 Å². The summed E-state index contributed by atoms with van der Waals surface area (Å²) in [6, 6.07) is 0. The summed E-state index contributed by atoms with van der Waals surface area (Å²) in [5.41, 5.74) is 2.99. The molecular weight excluding hydrogens is 192 g/mol. The van der Waals surface area contributed by atoms with E-state index >= 15 is 0 Å². The number of hydrogen-bond acceptors (Lipinski definition) is 3. The highest BCUT2D eigenvalue weighted by atomic mass is 32.2. The van der Waals surface area contributed by atoms with E-state index in [1.54, 1.807) is 6.33 Å². The highest BCUT2D eigenvalue weighted by molar-refractivity contribution is 8.00. The van der Waals surface area contributed by atoms with E-state index in [0.717, 1.165) is 5.25 Å². The fourth-order valence-corrected chi connectivity index (χ4v) is 4.60. The van der Waals surface area contributed by atoms with Crippen LogP contribution in [0.1, 0.15) is 37.4 Å². The minimum Gasteiger partial charge on any atom is -0.241 e. The highest BCUT2D eigenvalue weighted by Crippen LogP contribution is 2.56. The maximum Gasteiger partial charge on any atom is 0.116 e. The van der Waals surface area contributed by atoms with E-state index in [2.05, 4.69) is 23.8 Å². The van der Waals surface area contributed by atoms with Gasteiger partial charge in [-0.05, 0) is 19.8 Å². The molecule has 14 heavy (non-hydrogen) atoms. The van der Waals surface area contributed by atoms with Crippen LogP contribution >= 0.6 is 11.8 Å². The largest absolute Gasteiger partial charge is 0.241 e. The molecular formula is C11H14N2S. The van der Waals surface area contributed by atoms with E-state index in [9.17, 15) is 0 Å². The molecule has 1 aromatic rings. The highest BCUT2D eigenvalue weighted by Gasteiger charge is 2.48. The predicted molar refractivity (Wildman–Crippen MR) is 57.6 cm³/mol. The number of hydrogen-bond donors (Lipinski definition) is 0. The number of thioether (sulfide) groups is 1. The molecule has 1 aliphatic heterocycles. The molecule has 0 saturated heterocycles. The topological polar surface area (TPSA) is 25.8 Å². The second-order valence-electron chi connectivity index (χ2n) is 4.56. The van der Waals surface area contributed by atoms with Crippen molar-refractivity contribution in [2.75, 3.05) is 0 Å². The van der Waals surface area contributed by atoms with Gasteiger partial charge in [-0.3, -0.25) is 0 Å². The standard InChI is InChI=1S/C11H14N2S/c1-7-9-10(13-6-12-7)14-8-4-3-5-11(8,9)2/h6,8H,3-5H2,1-2H3. The zero-order valence-corrected chi connectivity index (χ0v) is 9.40. The molecule has 0 aromatic carbocycles. The molecule has 0 amide bonds. The molecule has 1 aromatic heterocycles. The van der Waals surface area contributed by atoms with Crippen LogP contribution < -0.4 is 0 Å². The summed E-state index contributed by atoms with van der Waals surface area (Å²) in [5, 5.41) is 2.00. The minimum atomic E-state index is 0.366. The monoisotopic (exact) mass is 206 g/mol. The van der Waals surface area contributed by atoms with Crippen molar-refractivity contribution in [2.24, 2.45) is 0 Å². The maximum atomic E-state index is 4.40. The van der Waals surface area contributed by atoms with Crippen molar-refractivity contribution >= 4 is 11.8 Å². The average molecular weight is 206 g/mol. The van der Waals surface area contributed by atoms with Gasteiger partial charge in [-0.25, -0.2) is 9.97 Å². The Morgan fingerprint density at radius 1 is 1.50 bits per heavy atom. The minimum absolute atomic E-state index is 0.366. The predicted octanol–water partition coefficient (Wildman–Crippen LogP) is 2.70.